The Morgan fingerprint density at radius 2 is 2.00 bits per heavy atom. The lowest BCUT2D eigenvalue weighted by Gasteiger charge is -2.23. The summed E-state index contributed by atoms with van der Waals surface area (Å²) in [6.07, 6.45) is -4.38. The average molecular weight is 263 g/mol. The van der Waals surface area contributed by atoms with Gasteiger partial charge in [0.15, 0.2) is 11.5 Å². The molecule has 1 aromatic heterocycles. The lowest BCUT2D eigenvalue weighted by molar-refractivity contribution is -0.119. The Kier molecular flexibility index (Phi) is 4.43. The van der Waals surface area contributed by atoms with Gasteiger partial charge in [-0.2, -0.15) is 13.2 Å². The molecule has 1 rings (SSSR count). The van der Waals surface area contributed by atoms with Crippen molar-refractivity contribution in [2.24, 2.45) is 11.5 Å². The predicted octanol–water partition coefficient (Wildman–Crippen LogP) is -0.0971. The first-order chi connectivity index (χ1) is 8.33. The van der Waals surface area contributed by atoms with Crippen LogP contribution in [0.3, 0.4) is 0 Å². The van der Waals surface area contributed by atoms with Crippen molar-refractivity contribution in [1.29, 1.82) is 0 Å². The molecule has 0 aromatic carbocycles. The van der Waals surface area contributed by atoms with E-state index in [2.05, 4.69) is 10.2 Å². The molecule has 1 amide bonds. The molecule has 6 nitrogen and oxygen atoms in total. The van der Waals surface area contributed by atoms with E-state index >= 15 is 0 Å². The SMILES string of the molecule is NCCN(CC(F)(F)F)c1ccc(C(N)=O)nn1. The van der Waals surface area contributed by atoms with Crippen molar-refractivity contribution < 1.29 is 18.0 Å². The summed E-state index contributed by atoms with van der Waals surface area (Å²) in [6.45, 7) is -1.17. The van der Waals surface area contributed by atoms with Crippen LogP contribution in [0.2, 0.25) is 0 Å². The van der Waals surface area contributed by atoms with E-state index in [1.54, 1.807) is 0 Å². The summed E-state index contributed by atoms with van der Waals surface area (Å²) in [5.74, 6) is -0.807. The topological polar surface area (TPSA) is 98.1 Å². The van der Waals surface area contributed by atoms with Gasteiger partial charge in [0.2, 0.25) is 0 Å². The van der Waals surface area contributed by atoms with Crippen LogP contribution in [-0.2, 0) is 0 Å². The van der Waals surface area contributed by atoms with Crippen LogP contribution in [0.1, 0.15) is 10.5 Å². The van der Waals surface area contributed by atoms with Gasteiger partial charge < -0.3 is 16.4 Å². The Bertz CT molecular complexity index is 406. The maximum atomic E-state index is 12.3. The molecular weight excluding hydrogens is 251 g/mol. The summed E-state index contributed by atoms with van der Waals surface area (Å²) in [6, 6.07) is 2.46. The van der Waals surface area contributed by atoms with E-state index in [4.69, 9.17) is 11.5 Å². The number of anilines is 1. The first-order valence-corrected chi connectivity index (χ1v) is 4.99. The molecule has 0 unspecified atom stereocenters. The van der Waals surface area contributed by atoms with Gasteiger partial charge in [-0.15, -0.1) is 10.2 Å². The van der Waals surface area contributed by atoms with Crippen LogP contribution >= 0.6 is 0 Å². The van der Waals surface area contributed by atoms with Crippen LogP contribution < -0.4 is 16.4 Å². The highest BCUT2D eigenvalue weighted by molar-refractivity contribution is 5.90. The van der Waals surface area contributed by atoms with Crippen LogP contribution in [0.5, 0.6) is 0 Å². The van der Waals surface area contributed by atoms with E-state index in [1.807, 2.05) is 0 Å². The minimum atomic E-state index is -4.38. The Balaban J connectivity index is 2.88. The standard InChI is InChI=1S/C9H12F3N5O/c10-9(11,12)5-17(4-3-13)7-2-1-6(8(14)18)15-16-7/h1-2H,3-5,13H2,(H2,14,18). The summed E-state index contributed by atoms with van der Waals surface area (Å²) in [4.78, 5) is 11.7. The van der Waals surface area contributed by atoms with Crippen LogP contribution in [0, 0.1) is 0 Å². The van der Waals surface area contributed by atoms with Crippen LogP contribution in [-0.4, -0.2) is 41.9 Å². The molecule has 1 heterocycles. The third-order valence-corrected chi connectivity index (χ3v) is 2.00. The Hall–Kier alpha value is -1.90. The summed E-state index contributed by atoms with van der Waals surface area (Å²) in [5, 5.41) is 6.96. The van der Waals surface area contributed by atoms with E-state index in [0.29, 0.717) is 0 Å². The van der Waals surface area contributed by atoms with E-state index in [-0.39, 0.29) is 24.6 Å². The quantitative estimate of drug-likeness (QED) is 0.773. The van der Waals surface area contributed by atoms with Gasteiger partial charge in [0.1, 0.15) is 6.54 Å². The van der Waals surface area contributed by atoms with E-state index in [1.165, 1.54) is 12.1 Å². The molecule has 9 heteroatoms. The molecule has 0 aliphatic rings. The molecule has 0 atom stereocenters. The van der Waals surface area contributed by atoms with Crippen molar-refractivity contribution in [2.45, 2.75) is 6.18 Å². The van der Waals surface area contributed by atoms with Crippen molar-refractivity contribution in [2.75, 3.05) is 24.5 Å². The number of alkyl halides is 3. The Labute approximate surface area is 101 Å². The van der Waals surface area contributed by atoms with Gasteiger partial charge >= 0.3 is 6.18 Å². The van der Waals surface area contributed by atoms with Gasteiger partial charge in [-0.05, 0) is 12.1 Å². The fourth-order valence-corrected chi connectivity index (χ4v) is 1.27. The molecule has 0 aliphatic carbocycles. The number of nitrogens with zero attached hydrogens (tertiary/aromatic N) is 3. The minimum absolute atomic E-state index is 0.0113. The highest BCUT2D eigenvalue weighted by Crippen LogP contribution is 2.19. The van der Waals surface area contributed by atoms with Crippen molar-refractivity contribution in [3.8, 4) is 0 Å². The van der Waals surface area contributed by atoms with Gasteiger partial charge in [0.05, 0.1) is 0 Å². The number of primary amides is 1. The zero-order valence-corrected chi connectivity index (χ0v) is 9.31. The molecule has 18 heavy (non-hydrogen) atoms. The van der Waals surface area contributed by atoms with Crippen LogP contribution in [0.25, 0.3) is 0 Å². The number of nitrogens with two attached hydrogens (primary N) is 2. The van der Waals surface area contributed by atoms with Crippen molar-refractivity contribution in [3.63, 3.8) is 0 Å². The molecule has 0 bridgehead atoms. The van der Waals surface area contributed by atoms with Crippen molar-refractivity contribution >= 4 is 11.7 Å². The monoisotopic (exact) mass is 263 g/mol. The average Bonchev–Trinajstić information content (AvgIpc) is 2.27. The molecule has 0 saturated carbocycles. The molecule has 4 N–H and O–H groups in total. The predicted molar refractivity (Wildman–Crippen MR) is 57.9 cm³/mol. The molecule has 100 valence electrons. The number of halogens is 3. The lowest BCUT2D eigenvalue weighted by Crippen LogP contribution is -2.38. The first kappa shape index (κ1) is 14.2. The fourth-order valence-electron chi connectivity index (χ4n) is 1.27. The Morgan fingerprint density at radius 3 is 2.39 bits per heavy atom. The maximum absolute atomic E-state index is 12.3. The highest BCUT2D eigenvalue weighted by Gasteiger charge is 2.31. The van der Waals surface area contributed by atoms with E-state index in [9.17, 15) is 18.0 Å². The molecule has 0 saturated heterocycles. The summed E-state index contributed by atoms with van der Waals surface area (Å²) in [7, 11) is 0. The van der Waals surface area contributed by atoms with Gasteiger partial charge in [0.25, 0.3) is 5.91 Å². The zero-order valence-electron chi connectivity index (χ0n) is 9.31. The third kappa shape index (κ3) is 4.17. The number of carbonyl (C=O) groups is 1. The number of hydrogen-bond acceptors (Lipinski definition) is 5. The minimum Gasteiger partial charge on any atom is -0.364 e. The lowest BCUT2D eigenvalue weighted by atomic mass is 10.3. The largest absolute Gasteiger partial charge is 0.405 e. The number of aromatic nitrogens is 2. The van der Waals surface area contributed by atoms with Crippen LogP contribution in [0.15, 0.2) is 12.1 Å². The maximum Gasteiger partial charge on any atom is 0.405 e. The highest BCUT2D eigenvalue weighted by atomic mass is 19.4. The summed E-state index contributed by atoms with van der Waals surface area (Å²) >= 11 is 0. The second-order valence-corrected chi connectivity index (χ2v) is 3.47. The third-order valence-electron chi connectivity index (χ3n) is 2.00. The van der Waals surface area contributed by atoms with E-state index < -0.39 is 18.6 Å². The van der Waals surface area contributed by atoms with Crippen LogP contribution in [0.4, 0.5) is 19.0 Å². The fraction of sp³-hybridized carbons (Fsp3) is 0.444. The molecular formula is C9H12F3N5O. The second-order valence-electron chi connectivity index (χ2n) is 3.47. The number of hydrogen-bond donors (Lipinski definition) is 2. The summed E-state index contributed by atoms with van der Waals surface area (Å²) < 4.78 is 37.0. The van der Waals surface area contributed by atoms with E-state index in [0.717, 1.165) is 4.90 Å². The molecule has 0 radical (unpaired) electrons. The van der Waals surface area contributed by atoms with Crippen molar-refractivity contribution in [1.82, 2.24) is 10.2 Å². The number of rotatable bonds is 5. The molecule has 1 aromatic rings. The van der Waals surface area contributed by atoms with Gasteiger partial charge in [-0.3, -0.25) is 4.79 Å². The smallest absolute Gasteiger partial charge is 0.364 e. The molecule has 0 aliphatic heterocycles. The number of amides is 1. The van der Waals surface area contributed by atoms with Gasteiger partial charge in [0, 0.05) is 13.1 Å². The van der Waals surface area contributed by atoms with Crippen molar-refractivity contribution in [3.05, 3.63) is 17.8 Å². The number of carbonyl (C=O) groups excluding carboxylic acids is 1. The molecule has 0 spiro atoms. The molecule has 0 fully saturated rings. The first-order valence-electron chi connectivity index (χ1n) is 4.99. The summed E-state index contributed by atoms with van der Waals surface area (Å²) in [5.41, 5.74) is 10.1. The Morgan fingerprint density at radius 1 is 1.33 bits per heavy atom. The second kappa shape index (κ2) is 5.63. The zero-order chi connectivity index (χ0) is 13.8. The van der Waals surface area contributed by atoms with Gasteiger partial charge in [-0.25, -0.2) is 0 Å². The normalized spacial score (nSPS) is 11.3. The van der Waals surface area contributed by atoms with Gasteiger partial charge in [-0.1, -0.05) is 0 Å².